The quantitative estimate of drug-likeness (QED) is 0.574. The third-order valence-electron chi connectivity index (χ3n) is 3.53. The first-order chi connectivity index (χ1) is 10.3. The van der Waals surface area contributed by atoms with Crippen molar-refractivity contribution in [3.05, 3.63) is 60.3 Å². The van der Waals surface area contributed by atoms with Crippen molar-refractivity contribution in [2.45, 2.75) is 0 Å². The molecule has 4 nitrogen and oxygen atoms in total. The maximum Gasteiger partial charge on any atom is 0.178 e. The molecule has 0 amide bonds. The van der Waals surface area contributed by atoms with Gasteiger partial charge < -0.3 is 4.98 Å². The van der Waals surface area contributed by atoms with Crippen molar-refractivity contribution in [2.24, 2.45) is 0 Å². The van der Waals surface area contributed by atoms with Gasteiger partial charge in [-0.15, -0.1) is 0 Å². The molecule has 0 unspecified atom stereocenters. The topological polar surface area (TPSA) is 65.4 Å². The van der Waals surface area contributed by atoms with E-state index < -0.39 is 0 Å². The fourth-order valence-corrected chi connectivity index (χ4v) is 2.45. The van der Waals surface area contributed by atoms with Gasteiger partial charge in [0.25, 0.3) is 0 Å². The molecule has 2 aromatic carbocycles. The molecule has 4 rings (SSSR count). The number of hydrogen-bond donors (Lipinski definition) is 1. The second-order valence-electron chi connectivity index (χ2n) is 4.82. The summed E-state index contributed by atoms with van der Waals surface area (Å²) < 4.78 is 0. The Kier molecular flexibility index (Phi) is 2.45. The van der Waals surface area contributed by atoms with E-state index in [1.165, 1.54) is 0 Å². The molecule has 0 bridgehead atoms. The molecule has 2 aromatic heterocycles. The number of rotatable bonds is 1. The van der Waals surface area contributed by atoms with E-state index in [0.717, 1.165) is 27.7 Å². The Balaban J connectivity index is 1.94. The number of imidazole rings is 1. The fourth-order valence-electron chi connectivity index (χ4n) is 2.45. The number of benzene rings is 2. The summed E-state index contributed by atoms with van der Waals surface area (Å²) in [5.74, 6) is 0.762. The molecule has 4 heteroatoms. The van der Waals surface area contributed by atoms with E-state index in [-0.39, 0.29) is 0 Å². The lowest BCUT2D eigenvalue weighted by Gasteiger charge is -1.97. The lowest BCUT2D eigenvalue weighted by Crippen LogP contribution is -1.81. The zero-order valence-electron chi connectivity index (χ0n) is 11.0. The van der Waals surface area contributed by atoms with Gasteiger partial charge in [-0.3, -0.25) is 0 Å². The second-order valence-corrected chi connectivity index (χ2v) is 4.82. The maximum atomic E-state index is 8.85. The van der Waals surface area contributed by atoms with Gasteiger partial charge in [-0.1, -0.05) is 24.3 Å². The molecular weight excluding hydrogens is 260 g/mol. The highest BCUT2D eigenvalue weighted by atomic mass is 15.0. The largest absolute Gasteiger partial charge is 0.336 e. The molecular formula is C17H10N4. The van der Waals surface area contributed by atoms with Gasteiger partial charge >= 0.3 is 0 Å². The highest BCUT2D eigenvalue weighted by Gasteiger charge is 2.09. The van der Waals surface area contributed by atoms with Gasteiger partial charge in [0.15, 0.2) is 5.65 Å². The first-order valence-corrected chi connectivity index (χ1v) is 6.59. The molecule has 0 radical (unpaired) electrons. The van der Waals surface area contributed by atoms with E-state index >= 15 is 0 Å². The van der Waals surface area contributed by atoms with E-state index in [2.05, 4.69) is 27.1 Å². The minimum atomic E-state index is 0.637. The third kappa shape index (κ3) is 1.84. The van der Waals surface area contributed by atoms with Crippen LogP contribution >= 0.6 is 0 Å². The minimum Gasteiger partial charge on any atom is -0.336 e. The lowest BCUT2D eigenvalue weighted by molar-refractivity contribution is 1.30. The van der Waals surface area contributed by atoms with Gasteiger partial charge in [-0.2, -0.15) is 5.26 Å². The number of pyridine rings is 1. The molecule has 0 aliphatic carbocycles. The number of hydrogen-bond acceptors (Lipinski definition) is 3. The van der Waals surface area contributed by atoms with Crippen LogP contribution in [-0.2, 0) is 0 Å². The zero-order chi connectivity index (χ0) is 14.2. The zero-order valence-corrected chi connectivity index (χ0v) is 11.0. The van der Waals surface area contributed by atoms with Crippen molar-refractivity contribution < 1.29 is 0 Å². The molecule has 0 saturated carbocycles. The van der Waals surface area contributed by atoms with E-state index in [4.69, 9.17) is 5.26 Å². The number of aromatic nitrogens is 3. The van der Waals surface area contributed by atoms with Crippen LogP contribution in [0.2, 0.25) is 0 Å². The fraction of sp³-hybridized carbons (Fsp3) is 0. The minimum absolute atomic E-state index is 0.637. The molecule has 2 heterocycles. The highest BCUT2D eigenvalue weighted by Crippen LogP contribution is 2.25. The predicted molar refractivity (Wildman–Crippen MR) is 81.5 cm³/mol. The van der Waals surface area contributed by atoms with Crippen LogP contribution in [-0.4, -0.2) is 15.0 Å². The Morgan fingerprint density at radius 1 is 1.00 bits per heavy atom. The Morgan fingerprint density at radius 3 is 2.62 bits per heavy atom. The molecule has 0 aliphatic heterocycles. The van der Waals surface area contributed by atoms with Gasteiger partial charge in [0, 0.05) is 22.5 Å². The van der Waals surface area contributed by atoms with Crippen molar-refractivity contribution in [1.82, 2.24) is 15.0 Å². The first kappa shape index (κ1) is 11.6. The van der Waals surface area contributed by atoms with Crippen molar-refractivity contribution in [1.29, 1.82) is 5.26 Å². The summed E-state index contributed by atoms with van der Waals surface area (Å²) in [6.07, 6.45) is 1.83. The Bertz CT molecular complexity index is 991. The standard InChI is InChI=1S/C17H10N4/c18-9-11-5-7-12(8-6-11)16-20-15-14-4-2-1-3-13(14)10-19-17(15)21-16/h1-8,10H,(H,19,20,21). The number of nitrogens with one attached hydrogen (secondary N) is 1. The number of aromatic amines is 1. The van der Waals surface area contributed by atoms with Crippen LogP contribution in [0.15, 0.2) is 54.7 Å². The summed E-state index contributed by atoms with van der Waals surface area (Å²) >= 11 is 0. The number of H-pyrrole nitrogens is 1. The molecule has 0 atom stereocenters. The van der Waals surface area contributed by atoms with Crippen LogP contribution in [0.4, 0.5) is 0 Å². The smallest absolute Gasteiger partial charge is 0.178 e. The maximum absolute atomic E-state index is 8.85. The van der Waals surface area contributed by atoms with Gasteiger partial charge in [0.1, 0.15) is 5.82 Å². The molecule has 1 N–H and O–H groups in total. The average Bonchev–Trinajstić information content (AvgIpc) is 2.99. The van der Waals surface area contributed by atoms with Crippen molar-refractivity contribution in [2.75, 3.05) is 0 Å². The summed E-state index contributed by atoms with van der Waals surface area (Å²) in [6, 6.07) is 17.5. The summed E-state index contributed by atoms with van der Waals surface area (Å²) in [5, 5.41) is 11.0. The predicted octanol–water partition coefficient (Wildman–Crippen LogP) is 3.65. The number of nitrogens with zero attached hydrogens (tertiary/aromatic N) is 3. The summed E-state index contributed by atoms with van der Waals surface area (Å²) in [7, 11) is 0. The van der Waals surface area contributed by atoms with Gasteiger partial charge in [0.2, 0.25) is 0 Å². The molecule has 21 heavy (non-hydrogen) atoms. The van der Waals surface area contributed by atoms with Gasteiger partial charge in [0.05, 0.1) is 17.1 Å². The normalized spacial score (nSPS) is 10.8. The first-order valence-electron chi connectivity index (χ1n) is 6.59. The Labute approximate surface area is 120 Å². The summed E-state index contributed by atoms with van der Waals surface area (Å²) in [6.45, 7) is 0. The molecule has 98 valence electrons. The van der Waals surface area contributed by atoms with E-state index in [9.17, 15) is 0 Å². The van der Waals surface area contributed by atoms with Crippen molar-refractivity contribution in [3.63, 3.8) is 0 Å². The van der Waals surface area contributed by atoms with Crippen LogP contribution < -0.4 is 0 Å². The van der Waals surface area contributed by atoms with Crippen LogP contribution in [0.1, 0.15) is 5.56 Å². The molecule has 0 fully saturated rings. The molecule has 4 aromatic rings. The lowest BCUT2D eigenvalue weighted by atomic mass is 10.1. The van der Waals surface area contributed by atoms with Gasteiger partial charge in [-0.05, 0) is 24.3 Å². The third-order valence-corrected chi connectivity index (χ3v) is 3.53. The van der Waals surface area contributed by atoms with E-state index in [0.29, 0.717) is 11.2 Å². The Hall–Kier alpha value is -3.19. The molecule has 0 saturated heterocycles. The highest BCUT2D eigenvalue weighted by molar-refractivity contribution is 6.02. The van der Waals surface area contributed by atoms with Crippen molar-refractivity contribution in [3.8, 4) is 17.5 Å². The van der Waals surface area contributed by atoms with E-state index in [1.54, 1.807) is 12.1 Å². The average molecular weight is 270 g/mol. The number of nitriles is 1. The van der Waals surface area contributed by atoms with Crippen LogP contribution in [0.25, 0.3) is 33.3 Å². The monoisotopic (exact) mass is 270 g/mol. The van der Waals surface area contributed by atoms with Crippen LogP contribution in [0.5, 0.6) is 0 Å². The Morgan fingerprint density at radius 2 is 1.81 bits per heavy atom. The summed E-state index contributed by atoms with van der Waals surface area (Å²) in [4.78, 5) is 12.3. The van der Waals surface area contributed by atoms with Crippen molar-refractivity contribution >= 4 is 21.9 Å². The number of fused-ring (bicyclic) bond motifs is 3. The summed E-state index contributed by atoms with van der Waals surface area (Å²) in [5.41, 5.74) is 3.22. The van der Waals surface area contributed by atoms with Gasteiger partial charge in [-0.25, -0.2) is 9.97 Å². The van der Waals surface area contributed by atoms with Crippen LogP contribution in [0.3, 0.4) is 0 Å². The SMILES string of the molecule is N#Cc1ccc(-c2nc3ncc4ccccc4c3[nH]2)cc1. The molecule has 0 aliphatic rings. The van der Waals surface area contributed by atoms with Crippen LogP contribution in [0, 0.1) is 11.3 Å². The second kappa shape index (κ2) is 4.43. The molecule has 0 spiro atoms. The van der Waals surface area contributed by atoms with E-state index in [1.807, 2.05) is 36.5 Å².